The van der Waals surface area contributed by atoms with E-state index in [9.17, 15) is 9.90 Å². The molecule has 3 rings (SSSR count). The van der Waals surface area contributed by atoms with Crippen LogP contribution in [-0.4, -0.2) is 49.9 Å². The second-order valence-electron chi connectivity index (χ2n) is 7.15. The van der Waals surface area contributed by atoms with E-state index in [0.717, 1.165) is 17.1 Å². The molecule has 2 atom stereocenters. The van der Waals surface area contributed by atoms with Gasteiger partial charge in [0, 0.05) is 42.6 Å². The van der Waals surface area contributed by atoms with Crippen LogP contribution in [-0.2, 0) is 6.42 Å². The van der Waals surface area contributed by atoms with E-state index in [1.807, 2.05) is 36.7 Å². The number of aliphatic hydroxyl groups excluding tert-OH is 1. The summed E-state index contributed by atoms with van der Waals surface area (Å²) in [5.74, 6) is -0.0240. The van der Waals surface area contributed by atoms with E-state index in [1.165, 1.54) is 0 Å². The van der Waals surface area contributed by atoms with Crippen molar-refractivity contribution in [1.29, 1.82) is 0 Å². The molecule has 3 heterocycles. The zero-order valence-corrected chi connectivity index (χ0v) is 15.3. The smallest absolute Gasteiger partial charge is 0.257 e. The summed E-state index contributed by atoms with van der Waals surface area (Å²) in [6.45, 7) is 8.82. The van der Waals surface area contributed by atoms with Crippen LogP contribution in [0.15, 0.2) is 24.4 Å². The van der Waals surface area contributed by atoms with Gasteiger partial charge in [-0.05, 0) is 46.2 Å². The maximum absolute atomic E-state index is 13.0. The molecule has 1 fully saturated rings. The molecule has 6 heteroatoms. The van der Waals surface area contributed by atoms with Crippen molar-refractivity contribution in [3.05, 3.63) is 47.0 Å². The summed E-state index contributed by atoms with van der Waals surface area (Å²) in [4.78, 5) is 19.1. The highest BCUT2D eigenvalue weighted by Gasteiger charge is 2.36. The predicted molar refractivity (Wildman–Crippen MR) is 95.4 cm³/mol. The molecule has 1 N–H and O–H groups in total. The summed E-state index contributed by atoms with van der Waals surface area (Å²) in [5, 5.41) is 14.9. The number of nitrogens with zero attached hydrogens (tertiary/aromatic N) is 4. The van der Waals surface area contributed by atoms with Crippen LogP contribution in [0.5, 0.6) is 0 Å². The maximum Gasteiger partial charge on any atom is 0.257 e. The monoisotopic (exact) mass is 342 g/mol. The molecule has 1 aliphatic rings. The molecule has 1 aliphatic heterocycles. The number of aromatic nitrogens is 3. The lowest BCUT2D eigenvalue weighted by molar-refractivity contribution is 0.0763. The van der Waals surface area contributed by atoms with E-state index in [2.05, 4.69) is 23.9 Å². The zero-order chi connectivity index (χ0) is 18.1. The van der Waals surface area contributed by atoms with E-state index in [-0.39, 0.29) is 17.9 Å². The number of aryl methyl sites for hydroxylation is 1. The van der Waals surface area contributed by atoms with E-state index < -0.39 is 6.10 Å². The molecule has 134 valence electrons. The fourth-order valence-corrected chi connectivity index (χ4v) is 3.64. The van der Waals surface area contributed by atoms with Crippen LogP contribution in [0.25, 0.3) is 0 Å². The van der Waals surface area contributed by atoms with E-state index in [0.29, 0.717) is 25.1 Å². The van der Waals surface area contributed by atoms with Gasteiger partial charge in [-0.15, -0.1) is 0 Å². The second-order valence-corrected chi connectivity index (χ2v) is 7.15. The minimum atomic E-state index is -0.522. The molecular weight excluding hydrogens is 316 g/mol. The molecule has 0 aliphatic carbocycles. The predicted octanol–water partition coefficient (Wildman–Crippen LogP) is 2.15. The standard InChI is InChI=1S/C19H26N4O2/c1-12(2)23-14(4)18(13(3)21-23)19(25)22-10-15(17(24)11-22)9-16-7-5-6-8-20-16/h5-8,12,15,17,24H,9-11H2,1-4H3/t15-,17-/m1/s1. The molecule has 0 unspecified atom stereocenters. The minimum absolute atomic E-state index is 0.0135. The van der Waals surface area contributed by atoms with Crippen molar-refractivity contribution in [2.24, 2.45) is 5.92 Å². The summed E-state index contributed by atoms with van der Waals surface area (Å²) in [7, 11) is 0. The molecule has 0 bridgehead atoms. The van der Waals surface area contributed by atoms with Crippen LogP contribution in [0.3, 0.4) is 0 Å². The Morgan fingerprint density at radius 3 is 2.68 bits per heavy atom. The van der Waals surface area contributed by atoms with Crippen LogP contribution in [0.2, 0.25) is 0 Å². The van der Waals surface area contributed by atoms with Crippen molar-refractivity contribution in [3.63, 3.8) is 0 Å². The summed E-state index contributed by atoms with van der Waals surface area (Å²) in [6, 6.07) is 5.99. The average molecular weight is 342 g/mol. The first-order valence-corrected chi connectivity index (χ1v) is 8.81. The molecule has 0 aromatic carbocycles. The van der Waals surface area contributed by atoms with Crippen LogP contribution in [0.4, 0.5) is 0 Å². The number of carbonyl (C=O) groups is 1. The Labute approximate surface area is 148 Å². The summed E-state index contributed by atoms with van der Waals surface area (Å²) in [5.41, 5.74) is 3.25. The van der Waals surface area contributed by atoms with Crippen molar-refractivity contribution >= 4 is 5.91 Å². The van der Waals surface area contributed by atoms with Gasteiger partial charge in [0.15, 0.2) is 0 Å². The van der Waals surface area contributed by atoms with E-state index in [1.54, 1.807) is 11.1 Å². The molecule has 0 spiro atoms. The molecule has 25 heavy (non-hydrogen) atoms. The Balaban J connectivity index is 1.76. The first-order chi connectivity index (χ1) is 11.9. The molecular formula is C19H26N4O2. The quantitative estimate of drug-likeness (QED) is 0.924. The number of rotatable bonds is 4. The molecule has 0 saturated carbocycles. The molecule has 1 saturated heterocycles. The Bertz CT molecular complexity index is 754. The molecule has 2 aromatic heterocycles. The minimum Gasteiger partial charge on any atom is -0.391 e. The largest absolute Gasteiger partial charge is 0.391 e. The van der Waals surface area contributed by atoms with Gasteiger partial charge in [-0.2, -0.15) is 5.10 Å². The summed E-state index contributed by atoms with van der Waals surface area (Å²) >= 11 is 0. The van der Waals surface area contributed by atoms with Gasteiger partial charge in [0.05, 0.1) is 17.4 Å². The topological polar surface area (TPSA) is 71.2 Å². The third-order valence-corrected chi connectivity index (χ3v) is 4.92. The van der Waals surface area contributed by atoms with Gasteiger partial charge in [-0.3, -0.25) is 14.5 Å². The highest BCUT2D eigenvalue weighted by Crippen LogP contribution is 2.25. The van der Waals surface area contributed by atoms with Crippen molar-refractivity contribution in [2.75, 3.05) is 13.1 Å². The lowest BCUT2D eigenvalue weighted by atomic mass is 10.00. The Morgan fingerprint density at radius 1 is 1.32 bits per heavy atom. The van der Waals surface area contributed by atoms with Crippen molar-refractivity contribution in [2.45, 2.75) is 46.3 Å². The maximum atomic E-state index is 13.0. The molecule has 2 aromatic rings. The summed E-state index contributed by atoms with van der Waals surface area (Å²) < 4.78 is 1.89. The van der Waals surface area contributed by atoms with Gasteiger partial charge in [-0.25, -0.2) is 0 Å². The van der Waals surface area contributed by atoms with Crippen molar-refractivity contribution in [3.8, 4) is 0 Å². The van der Waals surface area contributed by atoms with Crippen LogP contribution >= 0.6 is 0 Å². The first kappa shape index (κ1) is 17.6. The number of hydrogen-bond donors (Lipinski definition) is 1. The SMILES string of the molecule is Cc1nn(C(C)C)c(C)c1C(=O)N1C[C@@H](Cc2ccccn2)[C@H](O)C1. The number of aliphatic hydroxyl groups is 1. The Kier molecular flexibility index (Phi) is 4.90. The number of carbonyl (C=O) groups excluding carboxylic acids is 1. The molecule has 0 radical (unpaired) electrons. The summed E-state index contributed by atoms with van der Waals surface area (Å²) in [6.07, 6.45) is 1.91. The van der Waals surface area contributed by atoms with Crippen molar-refractivity contribution < 1.29 is 9.90 Å². The number of β-amino-alcohol motifs (C(OH)–C–C–N with tert-alkyl or cyclic N) is 1. The normalized spacial score (nSPS) is 20.5. The van der Waals surface area contributed by atoms with Gasteiger partial charge in [-0.1, -0.05) is 6.07 Å². The first-order valence-electron chi connectivity index (χ1n) is 8.81. The fraction of sp³-hybridized carbons (Fsp3) is 0.526. The highest BCUT2D eigenvalue weighted by atomic mass is 16.3. The van der Waals surface area contributed by atoms with Crippen LogP contribution in [0.1, 0.15) is 47.3 Å². The Hall–Kier alpha value is -2.21. The Morgan fingerprint density at radius 2 is 2.08 bits per heavy atom. The van der Waals surface area contributed by atoms with Crippen LogP contribution < -0.4 is 0 Å². The van der Waals surface area contributed by atoms with Gasteiger partial charge in [0.1, 0.15) is 0 Å². The number of pyridine rings is 1. The fourth-order valence-electron chi connectivity index (χ4n) is 3.64. The third-order valence-electron chi connectivity index (χ3n) is 4.92. The average Bonchev–Trinajstić information content (AvgIpc) is 3.08. The number of likely N-dealkylation sites (tertiary alicyclic amines) is 1. The van der Waals surface area contributed by atoms with Gasteiger partial charge < -0.3 is 10.0 Å². The van der Waals surface area contributed by atoms with E-state index >= 15 is 0 Å². The lowest BCUT2D eigenvalue weighted by Gasteiger charge is -2.17. The lowest BCUT2D eigenvalue weighted by Crippen LogP contribution is -2.30. The molecule has 1 amide bonds. The van der Waals surface area contributed by atoms with Crippen LogP contribution in [0, 0.1) is 19.8 Å². The number of hydrogen-bond acceptors (Lipinski definition) is 4. The second kappa shape index (κ2) is 6.96. The van der Waals surface area contributed by atoms with Gasteiger partial charge >= 0.3 is 0 Å². The van der Waals surface area contributed by atoms with Gasteiger partial charge in [0.2, 0.25) is 0 Å². The van der Waals surface area contributed by atoms with Gasteiger partial charge in [0.25, 0.3) is 5.91 Å². The number of amides is 1. The molecule has 6 nitrogen and oxygen atoms in total. The zero-order valence-electron chi connectivity index (χ0n) is 15.3. The highest BCUT2D eigenvalue weighted by molar-refractivity contribution is 5.96. The van der Waals surface area contributed by atoms with Crippen molar-refractivity contribution in [1.82, 2.24) is 19.7 Å². The third kappa shape index (κ3) is 3.44. The van der Waals surface area contributed by atoms with E-state index in [4.69, 9.17) is 0 Å².